The fourth-order valence-corrected chi connectivity index (χ4v) is 2.08. The molecule has 9 heteroatoms. The van der Waals surface area contributed by atoms with Crippen molar-refractivity contribution in [3.05, 3.63) is 58.9 Å². The molecule has 0 saturated carbocycles. The fraction of sp³-hybridized carbons (Fsp3) is 0.133. The summed E-state index contributed by atoms with van der Waals surface area (Å²) < 4.78 is 53.5. The number of carboxylic acids is 1. The highest BCUT2D eigenvalue weighted by atomic mass is 19.4. The van der Waals surface area contributed by atoms with E-state index < -0.39 is 41.3 Å². The summed E-state index contributed by atoms with van der Waals surface area (Å²) in [6.45, 7) is 0. The smallest absolute Gasteiger partial charge is 0.507 e. The molecule has 0 aliphatic heterocycles. The highest BCUT2D eigenvalue weighted by Crippen LogP contribution is 2.33. The second-order valence-corrected chi connectivity index (χ2v) is 4.79. The Kier molecular flexibility index (Phi) is 4.65. The van der Waals surface area contributed by atoms with E-state index >= 15 is 0 Å². The van der Waals surface area contributed by atoms with E-state index in [1.165, 1.54) is 12.1 Å². The van der Waals surface area contributed by atoms with E-state index in [4.69, 9.17) is 10.8 Å². The Bertz CT molecular complexity index is 759. The number of hydrogen-bond donors (Lipinski definition) is 3. The van der Waals surface area contributed by atoms with Crippen molar-refractivity contribution in [2.75, 3.05) is 0 Å². The molecule has 2 aromatic carbocycles. The van der Waals surface area contributed by atoms with E-state index in [2.05, 4.69) is 4.74 Å². The maximum atomic E-state index is 13.5. The lowest BCUT2D eigenvalue weighted by Crippen LogP contribution is -2.17. The molecule has 0 unspecified atom stereocenters. The first-order valence-electron chi connectivity index (χ1n) is 6.45. The molecule has 0 aromatic heterocycles. The number of rotatable bonds is 4. The molecule has 0 heterocycles. The molecule has 2 rings (SSSR count). The van der Waals surface area contributed by atoms with Gasteiger partial charge in [-0.15, -0.1) is 13.2 Å². The van der Waals surface area contributed by atoms with Crippen molar-refractivity contribution >= 4 is 5.97 Å². The van der Waals surface area contributed by atoms with Gasteiger partial charge in [-0.05, 0) is 29.8 Å². The van der Waals surface area contributed by atoms with Gasteiger partial charge in [0.1, 0.15) is 22.9 Å². The van der Waals surface area contributed by atoms with Gasteiger partial charge < -0.3 is 20.7 Å². The Morgan fingerprint density at radius 3 is 2.25 bits per heavy atom. The van der Waals surface area contributed by atoms with Crippen molar-refractivity contribution in [3.8, 4) is 11.5 Å². The van der Waals surface area contributed by atoms with Crippen LogP contribution in [0.25, 0.3) is 0 Å². The average Bonchev–Trinajstić information content (AvgIpc) is 2.47. The number of aromatic hydroxyl groups is 1. The molecular weight excluding hydrogens is 334 g/mol. The zero-order chi connectivity index (χ0) is 18.1. The molecular formula is C15H11F4NO4. The number of carbonyl (C=O) groups is 1. The maximum Gasteiger partial charge on any atom is 0.573 e. The molecule has 5 nitrogen and oxygen atoms in total. The van der Waals surface area contributed by atoms with Crippen molar-refractivity contribution < 1.29 is 37.3 Å². The molecule has 0 fully saturated rings. The number of benzene rings is 2. The lowest BCUT2D eigenvalue weighted by Gasteiger charge is -2.16. The average molecular weight is 345 g/mol. The quantitative estimate of drug-likeness (QED) is 0.740. The van der Waals surface area contributed by atoms with Crippen LogP contribution in [0.1, 0.15) is 27.5 Å². The van der Waals surface area contributed by atoms with Crippen LogP contribution in [0.4, 0.5) is 17.6 Å². The van der Waals surface area contributed by atoms with Crippen molar-refractivity contribution in [2.45, 2.75) is 12.4 Å². The summed E-state index contributed by atoms with van der Waals surface area (Å²) in [5.41, 5.74) is 5.19. The number of halogens is 4. The minimum atomic E-state index is -4.85. The third-order valence-corrected chi connectivity index (χ3v) is 3.14. The zero-order valence-electron chi connectivity index (χ0n) is 11.8. The van der Waals surface area contributed by atoms with Gasteiger partial charge in [-0.25, -0.2) is 9.18 Å². The van der Waals surface area contributed by atoms with Crippen LogP contribution in [0.3, 0.4) is 0 Å². The third-order valence-electron chi connectivity index (χ3n) is 3.14. The van der Waals surface area contributed by atoms with Crippen LogP contribution < -0.4 is 10.5 Å². The lowest BCUT2D eigenvalue weighted by atomic mass is 9.96. The summed E-state index contributed by atoms with van der Waals surface area (Å²) in [5.74, 6) is -3.66. The van der Waals surface area contributed by atoms with Crippen molar-refractivity contribution in [1.29, 1.82) is 0 Å². The lowest BCUT2D eigenvalue weighted by molar-refractivity contribution is -0.274. The Morgan fingerprint density at radius 2 is 1.75 bits per heavy atom. The van der Waals surface area contributed by atoms with Gasteiger partial charge in [0.15, 0.2) is 0 Å². The van der Waals surface area contributed by atoms with Gasteiger partial charge in [0.05, 0.1) is 6.04 Å². The van der Waals surface area contributed by atoms with E-state index in [1.54, 1.807) is 0 Å². The molecule has 4 N–H and O–H groups in total. The van der Waals surface area contributed by atoms with Crippen molar-refractivity contribution in [3.63, 3.8) is 0 Å². The van der Waals surface area contributed by atoms with Crippen molar-refractivity contribution in [2.24, 2.45) is 5.73 Å². The predicted octanol–water partition coefficient (Wildman–Crippen LogP) is 3.18. The highest BCUT2D eigenvalue weighted by Gasteiger charge is 2.31. The SMILES string of the molecule is N[C@H](c1ccc(OC(F)(F)F)cc1)c1cc(F)cc(C(=O)O)c1O. The molecule has 0 bridgehead atoms. The molecule has 0 aliphatic rings. The van der Waals surface area contributed by atoms with Crippen LogP contribution >= 0.6 is 0 Å². The van der Waals surface area contributed by atoms with Crippen LogP contribution in [-0.2, 0) is 0 Å². The Morgan fingerprint density at radius 1 is 1.17 bits per heavy atom. The number of nitrogens with two attached hydrogens (primary N) is 1. The van der Waals surface area contributed by atoms with Crippen LogP contribution in [0.15, 0.2) is 36.4 Å². The van der Waals surface area contributed by atoms with Gasteiger partial charge in [0.2, 0.25) is 0 Å². The minimum Gasteiger partial charge on any atom is -0.507 e. The first-order valence-corrected chi connectivity index (χ1v) is 6.45. The zero-order valence-corrected chi connectivity index (χ0v) is 11.8. The van der Waals surface area contributed by atoms with E-state index in [0.717, 1.165) is 18.2 Å². The van der Waals surface area contributed by atoms with Crippen LogP contribution in [0.2, 0.25) is 0 Å². The van der Waals surface area contributed by atoms with Crippen LogP contribution in [0, 0.1) is 5.82 Å². The summed E-state index contributed by atoms with van der Waals surface area (Å²) in [6, 6.07) is 4.71. The topological polar surface area (TPSA) is 92.8 Å². The second kappa shape index (κ2) is 6.36. The van der Waals surface area contributed by atoms with E-state index in [9.17, 15) is 27.5 Å². The number of carboxylic acid groups (broad SMARTS) is 1. The van der Waals surface area contributed by atoms with E-state index in [0.29, 0.717) is 6.07 Å². The molecule has 2 aromatic rings. The second-order valence-electron chi connectivity index (χ2n) is 4.79. The van der Waals surface area contributed by atoms with E-state index in [-0.39, 0.29) is 11.1 Å². The van der Waals surface area contributed by atoms with Crippen LogP contribution in [0.5, 0.6) is 11.5 Å². The molecule has 0 radical (unpaired) electrons. The molecule has 24 heavy (non-hydrogen) atoms. The molecule has 128 valence electrons. The van der Waals surface area contributed by atoms with Gasteiger partial charge in [0, 0.05) is 5.56 Å². The number of ether oxygens (including phenoxy) is 1. The molecule has 1 atom stereocenters. The Hall–Kier alpha value is -2.81. The van der Waals surface area contributed by atoms with Gasteiger partial charge in [-0.3, -0.25) is 0 Å². The first kappa shape index (κ1) is 17.5. The Labute approximate surface area is 132 Å². The Balaban J connectivity index is 2.35. The number of alkyl halides is 3. The summed E-state index contributed by atoms with van der Waals surface area (Å²) in [4.78, 5) is 11.0. The normalized spacial score (nSPS) is 12.7. The third kappa shape index (κ3) is 3.93. The number of aromatic carboxylic acids is 1. The minimum absolute atomic E-state index is 0.211. The summed E-state index contributed by atoms with van der Waals surface area (Å²) in [7, 11) is 0. The summed E-state index contributed by atoms with van der Waals surface area (Å²) >= 11 is 0. The molecule has 0 aliphatic carbocycles. The highest BCUT2D eigenvalue weighted by molar-refractivity contribution is 5.91. The molecule has 0 amide bonds. The van der Waals surface area contributed by atoms with Gasteiger partial charge in [0.25, 0.3) is 0 Å². The fourth-order valence-electron chi connectivity index (χ4n) is 2.08. The van der Waals surface area contributed by atoms with E-state index in [1.807, 2.05) is 0 Å². The van der Waals surface area contributed by atoms with Gasteiger partial charge >= 0.3 is 12.3 Å². The largest absolute Gasteiger partial charge is 0.573 e. The molecule has 0 spiro atoms. The van der Waals surface area contributed by atoms with Gasteiger partial charge in [-0.1, -0.05) is 12.1 Å². The number of phenols is 1. The first-order chi connectivity index (χ1) is 11.1. The van der Waals surface area contributed by atoms with Crippen molar-refractivity contribution in [1.82, 2.24) is 0 Å². The monoisotopic (exact) mass is 345 g/mol. The van der Waals surface area contributed by atoms with Gasteiger partial charge in [-0.2, -0.15) is 0 Å². The van der Waals surface area contributed by atoms with Crippen LogP contribution in [-0.4, -0.2) is 22.5 Å². The predicted molar refractivity (Wildman–Crippen MR) is 74.2 cm³/mol. The standard InChI is InChI=1S/C15H11F4NO4/c16-8-5-10(13(21)11(6-8)14(22)23)12(20)7-1-3-9(4-2-7)24-15(17,18)19/h1-6,12,21H,20H2,(H,22,23)/t12-/m1/s1. The number of hydrogen-bond acceptors (Lipinski definition) is 4. The summed E-state index contributed by atoms with van der Waals surface area (Å²) in [5, 5.41) is 18.8. The summed E-state index contributed by atoms with van der Waals surface area (Å²) in [6.07, 6.45) is -4.85. The maximum absolute atomic E-state index is 13.5. The molecule has 0 saturated heterocycles.